The fourth-order valence-electron chi connectivity index (χ4n) is 0.963. The molecule has 0 bridgehead atoms. The number of ether oxygens (including phenoxy) is 1. The van der Waals surface area contributed by atoms with Crippen molar-refractivity contribution in [1.29, 1.82) is 0 Å². The zero-order chi connectivity index (χ0) is 11.4. The van der Waals surface area contributed by atoms with Gasteiger partial charge in [-0.25, -0.2) is 4.79 Å². The van der Waals surface area contributed by atoms with E-state index in [1.54, 1.807) is 6.92 Å². The fraction of sp³-hybridized carbons (Fsp3) is 0.200. The molecule has 0 heterocycles. The lowest BCUT2D eigenvalue weighted by Crippen LogP contribution is -2.17. The Morgan fingerprint density at radius 3 is 2.67 bits per heavy atom. The molecule has 0 saturated carbocycles. The van der Waals surface area contributed by atoms with Crippen molar-refractivity contribution >= 4 is 27.7 Å². The predicted molar refractivity (Wildman–Crippen MR) is 56.8 cm³/mol. The molecule has 1 aromatic rings. The van der Waals surface area contributed by atoms with Crippen molar-refractivity contribution < 1.29 is 19.4 Å². The SMILES string of the molecule is CCOC(=O)C(=O)c1ccc(O)c(Br)c1. The van der Waals surface area contributed by atoms with E-state index in [-0.39, 0.29) is 17.9 Å². The summed E-state index contributed by atoms with van der Waals surface area (Å²) in [6, 6.07) is 4.06. The molecule has 0 atom stereocenters. The first-order valence-electron chi connectivity index (χ1n) is 4.26. The van der Waals surface area contributed by atoms with Gasteiger partial charge in [-0.15, -0.1) is 0 Å². The largest absolute Gasteiger partial charge is 0.507 e. The molecule has 0 spiro atoms. The second kappa shape index (κ2) is 4.93. The van der Waals surface area contributed by atoms with Crippen LogP contribution in [0.4, 0.5) is 0 Å². The Labute approximate surface area is 95.0 Å². The van der Waals surface area contributed by atoms with Crippen LogP contribution in [0.15, 0.2) is 22.7 Å². The van der Waals surface area contributed by atoms with Crippen molar-refractivity contribution in [3.05, 3.63) is 28.2 Å². The number of carbonyl (C=O) groups is 2. The summed E-state index contributed by atoms with van der Waals surface area (Å²) in [5, 5.41) is 9.19. The maximum Gasteiger partial charge on any atom is 0.379 e. The Balaban J connectivity index is 2.92. The van der Waals surface area contributed by atoms with Crippen molar-refractivity contribution in [2.45, 2.75) is 6.92 Å². The van der Waals surface area contributed by atoms with Crippen LogP contribution in [0, 0.1) is 0 Å². The molecular formula is C10H9BrO4. The number of aromatic hydroxyl groups is 1. The van der Waals surface area contributed by atoms with E-state index in [0.717, 1.165) is 0 Å². The number of Topliss-reactive ketones (excluding diaryl/α,β-unsaturated/α-hetero) is 1. The summed E-state index contributed by atoms with van der Waals surface area (Å²) in [6.07, 6.45) is 0. The van der Waals surface area contributed by atoms with Crippen LogP contribution in [0.1, 0.15) is 17.3 Å². The van der Waals surface area contributed by atoms with Crippen molar-refractivity contribution in [2.75, 3.05) is 6.61 Å². The summed E-state index contributed by atoms with van der Waals surface area (Å²) in [7, 11) is 0. The zero-order valence-corrected chi connectivity index (χ0v) is 9.58. The van der Waals surface area contributed by atoms with E-state index in [9.17, 15) is 14.7 Å². The average molecular weight is 273 g/mol. The number of esters is 1. The van der Waals surface area contributed by atoms with E-state index in [4.69, 9.17) is 0 Å². The van der Waals surface area contributed by atoms with E-state index < -0.39 is 11.8 Å². The minimum Gasteiger partial charge on any atom is -0.507 e. The van der Waals surface area contributed by atoms with Crippen LogP contribution in [0.3, 0.4) is 0 Å². The summed E-state index contributed by atoms with van der Waals surface area (Å²) in [5.74, 6) is -1.61. The number of hydrogen-bond donors (Lipinski definition) is 1. The third-order valence-corrected chi connectivity index (χ3v) is 2.31. The van der Waals surface area contributed by atoms with Crippen molar-refractivity contribution in [3.63, 3.8) is 0 Å². The van der Waals surface area contributed by atoms with Crippen LogP contribution in [0.25, 0.3) is 0 Å². The standard InChI is InChI=1S/C10H9BrO4/c1-2-15-10(14)9(13)6-3-4-8(12)7(11)5-6/h3-5,12H,2H2,1H3. The van der Waals surface area contributed by atoms with E-state index >= 15 is 0 Å². The topological polar surface area (TPSA) is 63.6 Å². The van der Waals surface area contributed by atoms with Gasteiger partial charge >= 0.3 is 5.97 Å². The first-order chi connectivity index (χ1) is 7.06. The number of ketones is 1. The van der Waals surface area contributed by atoms with E-state index in [2.05, 4.69) is 20.7 Å². The van der Waals surface area contributed by atoms with Gasteiger partial charge in [0.25, 0.3) is 5.78 Å². The predicted octanol–water partition coefficient (Wildman–Crippen LogP) is 1.90. The second-order valence-electron chi connectivity index (χ2n) is 2.72. The molecule has 1 aromatic carbocycles. The minimum atomic E-state index is -0.893. The van der Waals surface area contributed by atoms with Gasteiger partial charge in [0.2, 0.25) is 0 Å². The summed E-state index contributed by atoms with van der Waals surface area (Å²) in [4.78, 5) is 22.5. The monoisotopic (exact) mass is 272 g/mol. The molecule has 0 saturated heterocycles. The van der Waals surface area contributed by atoms with Gasteiger partial charge in [-0.1, -0.05) is 0 Å². The zero-order valence-electron chi connectivity index (χ0n) is 7.99. The molecule has 80 valence electrons. The number of halogens is 1. The average Bonchev–Trinajstić information content (AvgIpc) is 2.21. The summed E-state index contributed by atoms with van der Waals surface area (Å²) in [5.41, 5.74) is 0.179. The highest BCUT2D eigenvalue weighted by molar-refractivity contribution is 9.10. The van der Waals surface area contributed by atoms with Crippen LogP contribution in [0.5, 0.6) is 5.75 Å². The fourth-order valence-corrected chi connectivity index (χ4v) is 1.34. The molecule has 0 radical (unpaired) electrons. The number of benzene rings is 1. The molecule has 0 aliphatic heterocycles. The van der Waals surface area contributed by atoms with Crippen molar-refractivity contribution in [2.24, 2.45) is 0 Å². The quantitative estimate of drug-likeness (QED) is 0.519. The normalized spacial score (nSPS) is 9.73. The Kier molecular flexibility index (Phi) is 3.85. The third-order valence-electron chi connectivity index (χ3n) is 1.67. The smallest absolute Gasteiger partial charge is 0.379 e. The Morgan fingerprint density at radius 1 is 1.47 bits per heavy atom. The number of hydrogen-bond acceptors (Lipinski definition) is 4. The Morgan fingerprint density at radius 2 is 2.13 bits per heavy atom. The maximum atomic E-state index is 11.4. The number of rotatable bonds is 3. The first-order valence-corrected chi connectivity index (χ1v) is 5.05. The highest BCUT2D eigenvalue weighted by Gasteiger charge is 2.17. The van der Waals surface area contributed by atoms with Crippen LogP contribution >= 0.6 is 15.9 Å². The Hall–Kier alpha value is -1.36. The lowest BCUT2D eigenvalue weighted by Gasteiger charge is -2.02. The minimum absolute atomic E-state index is 0.00964. The molecule has 0 aliphatic rings. The molecule has 0 unspecified atom stereocenters. The van der Waals surface area contributed by atoms with Gasteiger partial charge in [-0.2, -0.15) is 0 Å². The van der Waals surface area contributed by atoms with Crippen molar-refractivity contribution in [3.8, 4) is 5.75 Å². The van der Waals surface area contributed by atoms with E-state index in [1.807, 2.05) is 0 Å². The third kappa shape index (κ3) is 2.79. The molecule has 5 heteroatoms. The van der Waals surface area contributed by atoms with Crippen LogP contribution in [-0.2, 0) is 9.53 Å². The van der Waals surface area contributed by atoms with Gasteiger partial charge < -0.3 is 9.84 Å². The van der Waals surface area contributed by atoms with E-state index in [1.165, 1.54) is 18.2 Å². The van der Waals surface area contributed by atoms with Gasteiger partial charge in [0, 0.05) is 5.56 Å². The molecular weight excluding hydrogens is 264 g/mol. The van der Waals surface area contributed by atoms with Gasteiger partial charge in [0.1, 0.15) is 5.75 Å². The molecule has 0 aromatic heterocycles. The van der Waals surface area contributed by atoms with Crippen molar-refractivity contribution in [1.82, 2.24) is 0 Å². The molecule has 1 N–H and O–H groups in total. The number of carbonyl (C=O) groups excluding carboxylic acids is 2. The summed E-state index contributed by atoms with van der Waals surface area (Å²) >= 11 is 3.05. The molecule has 4 nitrogen and oxygen atoms in total. The van der Waals surface area contributed by atoms with Gasteiger partial charge in [-0.05, 0) is 41.1 Å². The molecule has 0 fully saturated rings. The lowest BCUT2D eigenvalue weighted by atomic mass is 10.1. The van der Waals surface area contributed by atoms with Crippen LogP contribution < -0.4 is 0 Å². The van der Waals surface area contributed by atoms with Gasteiger partial charge in [0.15, 0.2) is 0 Å². The molecule has 0 amide bonds. The molecule has 15 heavy (non-hydrogen) atoms. The second-order valence-corrected chi connectivity index (χ2v) is 3.57. The highest BCUT2D eigenvalue weighted by atomic mass is 79.9. The van der Waals surface area contributed by atoms with E-state index in [0.29, 0.717) is 4.47 Å². The first kappa shape index (κ1) is 11.7. The highest BCUT2D eigenvalue weighted by Crippen LogP contribution is 2.24. The summed E-state index contributed by atoms with van der Waals surface area (Å²) in [6.45, 7) is 1.78. The lowest BCUT2D eigenvalue weighted by molar-refractivity contribution is -0.137. The maximum absolute atomic E-state index is 11.4. The molecule has 0 aliphatic carbocycles. The summed E-state index contributed by atoms with van der Waals surface area (Å²) < 4.78 is 4.92. The number of phenolic OH excluding ortho intramolecular Hbond substituents is 1. The number of phenols is 1. The van der Waals surface area contributed by atoms with Gasteiger partial charge in [-0.3, -0.25) is 4.79 Å². The van der Waals surface area contributed by atoms with Crippen LogP contribution in [0.2, 0.25) is 0 Å². The van der Waals surface area contributed by atoms with Crippen LogP contribution in [-0.4, -0.2) is 23.5 Å². The van der Waals surface area contributed by atoms with Gasteiger partial charge in [0.05, 0.1) is 11.1 Å². The Bertz CT molecular complexity index is 400. The molecule has 1 rings (SSSR count).